The highest BCUT2D eigenvalue weighted by Crippen LogP contribution is 2.21. The number of hydrogen-bond donors (Lipinski definition) is 1. The van der Waals surface area contributed by atoms with Crippen molar-refractivity contribution >= 4 is 17.5 Å². The van der Waals surface area contributed by atoms with Gasteiger partial charge in [-0.05, 0) is 12.1 Å². The molecule has 0 aliphatic rings. The van der Waals surface area contributed by atoms with Gasteiger partial charge in [0.15, 0.2) is 0 Å². The minimum atomic E-state index is -4.60. The number of amides is 1. The van der Waals surface area contributed by atoms with Gasteiger partial charge in [-0.3, -0.25) is 4.79 Å². The first kappa shape index (κ1) is 15.6. The molecule has 1 N–H and O–H groups in total. The van der Waals surface area contributed by atoms with Gasteiger partial charge in [0.05, 0.1) is 5.56 Å². The van der Waals surface area contributed by atoms with E-state index >= 15 is 0 Å². The van der Waals surface area contributed by atoms with Crippen LogP contribution < -0.4 is 0 Å². The number of phenolic OH excluding ortho intramolecular Hbond substituents is 1. The van der Waals surface area contributed by atoms with Crippen molar-refractivity contribution < 1.29 is 27.5 Å². The molecule has 0 spiro atoms. The smallest absolute Gasteiger partial charge is 0.406 e. The highest BCUT2D eigenvalue weighted by atomic mass is 35.5. The number of rotatable bonds is 4. The molecule has 106 valence electrons. The van der Waals surface area contributed by atoms with Gasteiger partial charge in [0.1, 0.15) is 18.1 Å². The van der Waals surface area contributed by atoms with Crippen molar-refractivity contribution in [2.75, 3.05) is 19.0 Å². The quantitative estimate of drug-likeness (QED) is 0.686. The first-order valence-electron chi connectivity index (χ1n) is 5.15. The molecule has 1 rings (SSSR count). The zero-order chi connectivity index (χ0) is 14.6. The van der Waals surface area contributed by atoms with Crippen LogP contribution in [0.5, 0.6) is 5.75 Å². The van der Waals surface area contributed by atoms with Crippen molar-refractivity contribution in [3.05, 3.63) is 29.6 Å². The summed E-state index contributed by atoms with van der Waals surface area (Å²) >= 11 is 5.33. The van der Waals surface area contributed by atoms with Crippen molar-refractivity contribution in [3.63, 3.8) is 0 Å². The molecule has 1 aromatic rings. The van der Waals surface area contributed by atoms with E-state index in [1.165, 1.54) is 0 Å². The second kappa shape index (κ2) is 6.10. The minimum absolute atomic E-state index is 0.207. The zero-order valence-electron chi connectivity index (χ0n) is 9.55. The average molecular weight is 300 g/mol. The Bertz CT molecular complexity index is 464. The van der Waals surface area contributed by atoms with E-state index in [9.17, 15) is 22.4 Å². The third kappa shape index (κ3) is 4.59. The minimum Gasteiger partial charge on any atom is -0.508 e. The summed E-state index contributed by atoms with van der Waals surface area (Å²) in [4.78, 5) is 12.2. The number of hydrogen-bond acceptors (Lipinski definition) is 2. The maximum Gasteiger partial charge on any atom is 0.406 e. The fraction of sp³-hybridized carbons (Fsp3) is 0.364. The van der Waals surface area contributed by atoms with E-state index in [0.717, 1.165) is 12.1 Å². The molecule has 0 aliphatic heterocycles. The van der Waals surface area contributed by atoms with Gasteiger partial charge >= 0.3 is 6.18 Å². The second-order valence-electron chi connectivity index (χ2n) is 3.70. The molecule has 0 fully saturated rings. The molecule has 0 aromatic heterocycles. The van der Waals surface area contributed by atoms with Crippen LogP contribution >= 0.6 is 11.6 Å². The van der Waals surface area contributed by atoms with Gasteiger partial charge in [-0.2, -0.15) is 13.2 Å². The number of nitrogens with zero attached hydrogens (tertiary/aromatic N) is 1. The summed E-state index contributed by atoms with van der Waals surface area (Å²) in [7, 11) is 0. The highest BCUT2D eigenvalue weighted by molar-refractivity contribution is 6.18. The summed E-state index contributed by atoms with van der Waals surface area (Å²) in [6.07, 6.45) is -4.60. The summed E-state index contributed by atoms with van der Waals surface area (Å²) in [5.41, 5.74) is -0.549. The van der Waals surface area contributed by atoms with E-state index in [-0.39, 0.29) is 12.4 Å². The first-order valence-corrected chi connectivity index (χ1v) is 5.68. The fourth-order valence-electron chi connectivity index (χ4n) is 1.42. The number of carbonyl (C=O) groups is 1. The number of phenols is 1. The molecule has 1 aromatic carbocycles. The van der Waals surface area contributed by atoms with Gasteiger partial charge in [0.2, 0.25) is 0 Å². The number of carbonyl (C=O) groups excluding carboxylic acids is 1. The van der Waals surface area contributed by atoms with Crippen LogP contribution in [0, 0.1) is 5.82 Å². The van der Waals surface area contributed by atoms with Crippen LogP contribution in [0.15, 0.2) is 18.2 Å². The van der Waals surface area contributed by atoms with Gasteiger partial charge in [0, 0.05) is 18.5 Å². The van der Waals surface area contributed by atoms with E-state index in [1.54, 1.807) is 0 Å². The van der Waals surface area contributed by atoms with Crippen LogP contribution in [0.2, 0.25) is 0 Å². The van der Waals surface area contributed by atoms with E-state index in [0.29, 0.717) is 11.0 Å². The molecule has 8 heteroatoms. The Morgan fingerprint density at radius 1 is 1.37 bits per heavy atom. The van der Waals surface area contributed by atoms with Gasteiger partial charge in [-0.1, -0.05) is 0 Å². The SMILES string of the molecule is O=C(c1ccc(O)cc1F)N(CCCl)CC(F)(F)F. The summed E-state index contributed by atoms with van der Waals surface area (Å²) < 4.78 is 50.3. The molecule has 0 atom stereocenters. The van der Waals surface area contributed by atoms with Crippen molar-refractivity contribution in [2.24, 2.45) is 0 Å². The van der Waals surface area contributed by atoms with Crippen molar-refractivity contribution in [1.82, 2.24) is 4.90 Å². The summed E-state index contributed by atoms with van der Waals surface area (Å²) in [5, 5.41) is 8.98. The molecule has 0 heterocycles. The normalized spacial score (nSPS) is 11.4. The van der Waals surface area contributed by atoms with Gasteiger partial charge in [0.25, 0.3) is 5.91 Å². The monoisotopic (exact) mass is 299 g/mol. The molecule has 0 aliphatic carbocycles. The number of halogens is 5. The molecule has 3 nitrogen and oxygen atoms in total. The van der Waals surface area contributed by atoms with Crippen molar-refractivity contribution in [3.8, 4) is 5.75 Å². The molecule has 0 unspecified atom stereocenters. The highest BCUT2D eigenvalue weighted by Gasteiger charge is 2.33. The Balaban J connectivity index is 2.99. The molecule has 0 saturated heterocycles. The lowest BCUT2D eigenvalue weighted by atomic mass is 10.1. The van der Waals surface area contributed by atoms with Crippen molar-refractivity contribution in [2.45, 2.75) is 6.18 Å². The molecule has 0 bridgehead atoms. The van der Waals surface area contributed by atoms with Crippen LogP contribution in [-0.4, -0.2) is 41.1 Å². The van der Waals surface area contributed by atoms with Crippen LogP contribution in [0.3, 0.4) is 0 Å². The molecular weight excluding hydrogens is 290 g/mol. The predicted octanol–water partition coefficient (Wildman–Crippen LogP) is 2.77. The second-order valence-corrected chi connectivity index (χ2v) is 4.07. The predicted molar refractivity (Wildman–Crippen MR) is 60.7 cm³/mol. The number of aromatic hydroxyl groups is 1. The largest absolute Gasteiger partial charge is 0.508 e. The average Bonchev–Trinajstić information content (AvgIpc) is 2.26. The lowest BCUT2D eigenvalue weighted by molar-refractivity contribution is -0.140. The maximum absolute atomic E-state index is 13.4. The van der Waals surface area contributed by atoms with Crippen LogP contribution in [0.4, 0.5) is 17.6 Å². The lowest BCUT2D eigenvalue weighted by Gasteiger charge is -2.23. The molecule has 0 radical (unpaired) electrons. The summed E-state index contributed by atoms with van der Waals surface area (Å²) in [6.45, 7) is -1.88. The molecule has 0 saturated carbocycles. The number of benzene rings is 1. The van der Waals surface area contributed by atoms with Crippen molar-refractivity contribution in [1.29, 1.82) is 0 Å². The standard InChI is InChI=1S/C11H10ClF4NO2/c12-3-4-17(6-11(14,15)16)10(19)8-2-1-7(18)5-9(8)13/h1-2,5,18H,3-4,6H2. The van der Waals surface area contributed by atoms with E-state index < -0.39 is 35.8 Å². The Kier molecular flexibility index (Phi) is 4.99. The van der Waals surface area contributed by atoms with E-state index in [1.807, 2.05) is 0 Å². The Labute approximate surface area is 111 Å². The molecule has 19 heavy (non-hydrogen) atoms. The van der Waals surface area contributed by atoms with Crippen LogP contribution in [-0.2, 0) is 0 Å². The Morgan fingerprint density at radius 3 is 2.47 bits per heavy atom. The maximum atomic E-state index is 13.4. The summed E-state index contributed by atoms with van der Waals surface area (Å²) in [6, 6.07) is 2.59. The first-order chi connectivity index (χ1) is 8.74. The Morgan fingerprint density at radius 2 is 2.00 bits per heavy atom. The van der Waals surface area contributed by atoms with E-state index in [2.05, 4.69) is 0 Å². The fourth-order valence-corrected chi connectivity index (χ4v) is 1.62. The zero-order valence-corrected chi connectivity index (χ0v) is 10.3. The number of alkyl halides is 4. The topological polar surface area (TPSA) is 40.5 Å². The molecular formula is C11H10ClF4NO2. The Hall–Kier alpha value is -1.50. The van der Waals surface area contributed by atoms with Gasteiger partial charge in [-0.15, -0.1) is 11.6 Å². The third-order valence-corrected chi connectivity index (χ3v) is 2.36. The van der Waals surface area contributed by atoms with Crippen LogP contribution in [0.25, 0.3) is 0 Å². The molecule has 1 amide bonds. The van der Waals surface area contributed by atoms with Gasteiger partial charge < -0.3 is 10.0 Å². The van der Waals surface area contributed by atoms with E-state index in [4.69, 9.17) is 16.7 Å². The summed E-state index contributed by atoms with van der Waals surface area (Å²) in [5.74, 6) is -2.85. The third-order valence-electron chi connectivity index (χ3n) is 2.19. The van der Waals surface area contributed by atoms with Gasteiger partial charge in [-0.25, -0.2) is 4.39 Å². The van der Waals surface area contributed by atoms with Crippen LogP contribution in [0.1, 0.15) is 10.4 Å². The lowest BCUT2D eigenvalue weighted by Crippen LogP contribution is -2.40.